The fourth-order valence-electron chi connectivity index (χ4n) is 3.48. The van der Waals surface area contributed by atoms with Crippen LogP contribution in [0, 0.1) is 0 Å². The van der Waals surface area contributed by atoms with Crippen LogP contribution in [0.4, 0.5) is 0 Å². The molecule has 25 heavy (non-hydrogen) atoms. The highest BCUT2D eigenvalue weighted by Gasteiger charge is 2.14. The van der Waals surface area contributed by atoms with Gasteiger partial charge in [-0.25, -0.2) is 0 Å². The number of benzene rings is 3. The fourth-order valence-corrected chi connectivity index (χ4v) is 3.48. The maximum absolute atomic E-state index is 12.5. The summed E-state index contributed by atoms with van der Waals surface area (Å²) >= 11 is 0. The van der Waals surface area contributed by atoms with Gasteiger partial charge in [-0.1, -0.05) is 49.7 Å². The van der Waals surface area contributed by atoms with E-state index in [2.05, 4.69) is 72.2 Å². The van der Waals surface area contributed by atoms with E-state index in [9.17, 15) is 4.79 Å². The summed E-state index contributed by atoms with van der Waals surface area (Å²) in [5.74, 6) is 0.236. The lowest BCUT2D eigenvalue weighted by Gasteiger charge is -2.07. The Morgan fingerprint density at radius 1 is 0.840 bits per heavy atom. The van der Waals surface area contributed by atoms with Crippen LogP contribution in [0.25, 0.3) is 27.5 Å². The molecule has 0 bridgehead atoms. The van der Waals surface area contributed by atoms with Gasteiger partial charge >= 0.3 is 0 Å². The summed E-state index contributed by atoms with van der Waals surface area (Å²) in [6, 6.07) is 24.9. The topological polar surface area (TPSA) is 22.0 Å². The highest BCUT2D eigenvalue weighted by Crippen LogP contribution is 2.32. The number of carbonyl (C=O) groups excluding carboxylic acids is 1. The summed E-state index contributed by atoms with van der Waals surface area (Å²) in [5.41, 5.74) is 4.26. The van der Waals surface area contributed by atoms with Crippen LogP contribution in [0.3, 0.4) is 0 Å². The Morgan fingerprint density at radius 3 is 2.36 bits per heavy atom. The van der Waals surface area contributed by atoms with Gasteiger partial charge < -0.3 is 4.57 Å². The van der Waals surface area contributed by atoms with Gasteiger partial charge in [0.1, 0.15) is 0 Å². The lowest BCUT2D eigenvalue weighted by atomic mass is 10.0. The smallest absolute Gasteiger partial charge is 0.162 e. The SMILES string of the molecule is CCCCC(=O)c1ccc2c(c1)c1ccccc1n2-c1ccccc1. The molecule has 4 rings (SSSR count). The normalized spacial score (nSPS) is 11.2. The summed E-state index contributed by atoms with van der Waals surface area (Å²) in [7, 11) is 0. The van der Waals surface area contributed by atoms with Crippen LogP contribution in [-0.4, -0.2) is 10.4 Å². The molecule has 4 aromatic rings. The lowest BCUT2D eigenvalue weighted by molar-refractivity contribution is 0.0980. The van der Waals surface area contributed by atoms with Crippen molar-refractivity contribution in [1.82, 2.24) is 4.57 Å². The van der Waals surface area contributed by atoms with E-state index >= 15 is 0 Å². The third-order valence-electron chi connectivity index (χ3n) is 4.77. The molecule has 2 nitrogen and oxygen atoms in total. The largest absolute Gasteiger partial charge is 0.309 e. The molecule has 0 aliphatic heterocycles. The second-order valence-corrected chi connectivity index (χ2v) is 6.45. The van der Waals surface area contributed by atoms with E-state index in [1.165, 1.54) is 10.9 Å². The minimum atomic E-state index is 0.236. The summed E-state index contributed by atoms with van der Waals surface area (Å²) in [6.45, 7) is 2.12. The van der Waals surface area contributed by atoms with Crippen molar-refractivity contribution < 1.29 is 4.79 Å². The Bertz CT molecular complexity index is 1040. The van der Waals surface area contributed by atoms with Crippen molar-refractivity contribution in [1.29, 1.82) is 0 Å². The molecule has 124 valence electrons. The van der Waals surface area contributed by atoms with E-state index in [-0.39, 0.29) is 5.78 Å². The molecule has 0 aliphatic rings. The van der Waals surface area contributed by atoms with Crippen LogP contribution in [0.15, 0.2) is 72.8 Å². The van der Waals surface area contributed by atoms with Crippen LogP contribution in [0.1, 0.15) is 36.5 Å². The van der Waals surface area contributed by atoms with Gasteiger partial charge in [-0.2, -0.15) is 0 Å². The molecular formula is C23H21NO. The predicted octanol–water partition coefficient (Wildman–Crippen LogP) is 6.16. The van der Waals surface area contributed by atoms with Crippen LogP contribution in [0.5, 0.6) is 0 Å². The molecule has 0 saturated heterocycles. The van der Waals surface area contributed by atoms with Gasteiger partial charge in [0.25, 0.3) is 0 Å². The van der Waals surface area contributed by atoms with Crippen LogP contribution < -0.4 is 0 Å². The molecule has 0 saturated carbocycles. The van der Waals surface area contributed by atoms with Gasteiger partial charge in [-0.3, -0.25) is 4.79 Å². The molecule has 0 atom stereocenters. The minimum Gasteiger partial charge on any atom is -0.309 e. The lowest BCUT2D eigenvalue weighted by Crippen LogP contribution is -1.99. The zero-order chi connectivity index (χ0) is 17.2. The van der Waals surface area contributed by atoms with Gasteiger partial charge in [-0.15, -0.1) is 0 Å². The Kier molecular flexibility index (Phi) is 4.10. The quantitative estimate of drug-likeness (QED) is 0.403. The van der Waals surface area contributed by atoms with Crippen molar-refractivity contribution >= 4 is 27.6 Å². The second kappa shape index (κ2) is 6.56. The van der Waals surface area contributed by atoms with E-state index in [4.69, 9.17) is 0 Å². The summed E-state index contributed by atoms with van der Waals surface area (Å²) < 4.78 is 2.27. The first-order valence-corrected chi connectivity index (χ1v) is 8.91. The van der Waals surface area contributed by atoms with Crippen LogP contribution >= 0.6 is 0 Å². The van der Waals surface area contributed by atoms with E-state index < -0.39 is 0 Å². The van der Waals surface area contributed by atoms with Gasteiger partial charge in [0, 0.05) is 28.4 Å². The molecule has 0 aliphatic carbocycles. The number of hydrogen-bond donors (Lipinski definition) is 0. The third kappa shape index (κ3) is 2.74. The van der Waals surface area contributed by atoms with Crippen molar-refractivity contribution in [3.05, 3.63) is 78.4 Å². The van der Waals surface area contributed by atoms with Crippen molar-refractivity contribution in [2.45, 2.75) is 26.2 Å². The summed E-state index contributed by atoms with van der Waals surface area (Å²) in [5, 5.41) is 2.33. The van der Waals surface area contributed by atoms with E-state index in [1.807, 2.05) is 12.1 Å². The standard InChI is InChI=1S/C23H21NO/c1-2-3-13-23(25)17-14-15-22-20(16-17)19-11-7-8-12-21(19)24(22)18-9-5-4-6-10-18/h4-12,14-16H,2-3,13H2,1H3. The molecule has 2 heteroatoms. The Balaban J connectivity index is 1.95. The number of hydrogen-bond acceptors (Lipinski definition) is 1. The van der Waals surface area contributed by atoms with Crippen molar-refractivity contribution in [3.63, 3.8) is 0 Å². The first-order chi connectivity index (χ1) is 12.3. The van der Waals surface area contributed by atoms with Gasteiger partial charge in [0.15, 0.2) is 5.78 Å². The molecule has 1 heterocycles. The van der Waals surface area contributed by atoms with Crippen LogP contribution in [0.2, 0.25) is 0 Å². The summed E-state index contributed by atoms with van der Waals surface area (Å²) in [6.07, 6.45) is 2.61. The maximum Gasteiger partial charge on any atom is 0.162 e. The van der Waals surface area contributed by atoms with Crippen LogP contribution in [-0.2, 0) is 0 Å². The van der Waals surface area contributed by atoms with Crippen molar-refractivity contribution in [3.8, 4) is 5.69 Å². The molecule has 0 N–H and O–H groups in total. The number of Topliss-reactive ketones (excluding diaryl/α,β-unsaturated/α-hetero) is 1. The number of fused-ring (bicyclic) bond motifs is 3. The average Bonchev–Trinajstić information content (AvgIpc) is 3.00. The number of unbranched alkanes of at least 4 members (excludes halogenated alkanes) is 1. The molecule has 0 fully saturated rings. The maximum atomic E-state index is 12.5. The fraction of sp³-hybridized carbons (Fsp3) is 0.174. The molecule has 0 radical (unpaired) electrons. The Labute approximate surface area is 147 Å². The van der Waals surface area contributed by atoms with Crippen molar-refractivity contribution in [2.24, 2.45) is 0 Å². The minimum absolute atomic E-state index is 0.236. The van der Waals surface area contributed by atoms with Gasteiger partial charge in [0.2, 0.25) is 0 Å². The molecule has 0 spiro atoms. The average molecular weight is 327 g/mol. The second-order valence-electron chi connectivity index (χ2n) is 6.45. The monoisotopic (exact) mass is 327 g/mol. The third-order valence-corrected chi connectivity index (χ3v) is 4.77. The zero-order valence-corrected chi connectivity index (χ0v) is 14.4. The molecule has 3 aromatic carbocycles. The molecule has 0 amide bonds. The number of ketones is 1. The summed E-state index contributed by atoms with van der Waals surface area (Å²) in [4.78, 5) is 12.5. The highest BCUT2D eigenvalue weighted by atomic mass is 16.1. The Morgan fingerprint density at radius 2 is 1.56 bits per heavy atom. The van der Waals surface area contributed by atoms with E-state index in [0.717, 1.165) is 35.0 Å². The number of nitrogens with zero attached hydrogens (tertiary/aromatic N) is 1. The number of carbonyl (C=O) groups is 1. The van der Waals surface area contributed by atoms with E-state index in [0.29, 0.717) is 6.42 Å². The number of aromatic nitrogens is 1. The molecule has 0 unspecified atom stereocenters. The predicted molar refractivity (Wildman–Crippen MR) is 105 cm³/mol. The Hall–Kier alpha value is -2.87. The molecule has 1 aromatic heterocycles. The van der Waals surface area contributed by atoms with Gasteiger partial charge in [0.05, 0.1) is 11.0 Å². The van der Waals surface area contributed by atoms with Crippen molar-refractivity contribution in [2.75, 3.05) is 0 Å². The zero-order valence-electron chi connectivity index (χ0n) is 14.4. The van der Waals surface area contributed by atoms with Gasteiger partial charge in [-0.05, 0) is 42.8 Å². The van der Waals surface area contributed by atoms with E-state index in [1.54, 1.807) is 0 Å². The first kappa shape index (κ1) is 15.6. The number of para-hydroxylation sites is 2. The highest BCUT2D eigenvalue weighted by molar-refractivity contribution is 6.11. The number of rotatable bonds is 5. The molecular weight excluding hydrogens is 306 g/mol. The first-order valence-electron chi connectivity index (χ1n) is 8.91.